The predicted octanol–water partition coefficient (Wildman–Crippen LogP) is 0.791. The molecule has 19 heavy (non-hydrogen) atoms. The van der Waals surface area contributed by atoms with E-state index in [1.54, 1.807) is 13.8 Å². The summed E-state index contributed by atoms with van der Waals surface area (Å²) >= 11 is 0. The van der Waals surface area contributed by atoms with Crippen molar-refractivity contribution in [1.82, 2.24) is 4.72 Å². The van der Waals surface area contributed by atoms with Gasteiger partial charge in [-0.15, -0.1) is 0 Å². The minimum atomic E-state index is -3.87. The Morgan fingerprint density at radius 3 is 2.37 bits per heavy atom. The number of hydrogen-bond donors (Lipinski definition) is 2. The van der Waals surface area contributed by atoms with Crippen LogP contribution in [0, 0.1) is 30.9 Å². The van der Waals surface area contributed by atoms with Crippen LogP contribution in [0.25, 0.3) is 0 Å². The number of aliphatic hydroxyl groups is 1. The molecule has 7 nitrogen and oxygen atoms in total. The van der Waals surface area contributed by atoms with Gasteiger partial charge in [-0.1, -0.05) is 0 Å². The zero-order valence-corrected chi connectivity index (χ0v) is 11.7. The second-order valence-corrected chi connectivity index (χ2v) is 5.90. The number of rotatable bonds is 5. The fraction of sp³-hybridized carbons (Fsp3) is 0.455. The van der Waals surface area contributed by atoms with Gasteiger partial charge in [0.25, 0.3) is 5.69 Å². The molecule has 0 aromatic heterocycles. The van der Waals surface area contributed by atoms with E-state index in [-0.39, 0.29) is 29.3 Å². The van der Waals surface area contributed by atoms with Crippen molar-refractivity contribution in [1.29, 1.82) is 0 Å². The number of aryl methyl sites for hydroxylation is 2. The van der Waals surface area contributed by atoms with Gasteiger partial charge >= 0.3 is 0 Å². The largest absolute Gasteiger partial charge is 0.395 e. The Hall–Kier alpha value is -1.51. The van der Waals surface area contributed by atoms with Crippen LogP contribution in [-0.2, 0) is 10.0 Å². The number of nitro benzene ring substituents is 1. The maximum absolute atomic E-state index is 12.1. The first-order chi connectivity index (χ1) is 8.72. The molecule has 106 valence electrons. The second-order valence-electron chi connectivity index (χ2n) is 4.19. The fourth-order valence-corrected chi connectivity index (χ4v) is 3.59. The SMILES string of the molecule is Cc1cc(C)c(S(=O)(=O)NCCO)c(C)c1[N+](=O)[O-]. The summed E-state index contributed by atoms with van der Waals surface area (Å²) in [5, 5.41) is 19.7. The third-order valence-electron chi connectivity index (χ3n) is 2.72. The Bertz CT molecular complexity index is 610. The van der Waals surface area contributed by atoms with E-state index in [1.165, 1.54) is 13.0 Å². The van der Waals surface area contributed by atoms with E-state index in [1.807, 2.05) is 0 Å². The predicted molar refractivity (Wildman–Crippen MR) is 69.6 cm³/mol. The molecular formula is C11H16N2O5S. The molecule has 0 atom stereocenters. The highest BCUT2D eigenvalue weighted by Crippen LogP contribution is 2.31. The second kappa shape index (κ2) is 5.64. The van der Waals surface area contributed by atoms with Crippen LogP contribution in [0.5, 0.6) is 0 Å². The summed E-state index contributed by atoms with van der Waals surface area (Å²) in [5.41, 5.74) is 0.759. The number of hydrogen-bond acceptors (Lipinski definition) is 5. The molecule has 1 rings (SSSR count). The Balaban J connectivity index is 3.53. The normalized spacial score (nSPS) is 11.6. The fourth-order valence-electron chi connectivity index (χ4n) is 2.10. The van der Waals surface area contributed by atoms with Crippen molar-refractivity contribution in [3.63, 3.8) is 0 Å². The van der Waals surface area contributed by atoms with Gasteiger partial charge in [0.15, 0.2) is 0 Å². The molecule has 0 fully saturated rings. The van der Waals surface area contributed by atoms with Gasteiger partial charge < -0.3 is 5.11 Å². The van der Waals surface area contributed by atoms with Crippen LogP contribution in [0.2, 0.25) is 0 Å². The molecule has 0 saturated carbocycles. The van der Waals surface area contributed by atoms with E-state index in [2.05, 4.69) is 4.72 Å². The molecule has 1 aromatic rings. The summed E-state index contributed by atoms with van der Waals surface area (Å²) in [6.45, 7) is 4.08. The Morgan fingerprint density at radius 2 is 1.89 bits per heavy atom. The molecule has 0 unspecified atom stereocenters. The van der Waals surface area contributed by atoms with Crippen molar-refractivity contribution >= 4 is 15.7 Å². The number of aliphatic hydroxyl groups excluding tert-OH is 1. The Morgan fingerprint density at radius 1 is 1.32 bits per heavy atom. The van der Waals surface area contributed by atoms with E-state index in [9.17, 15) is 18.5 Å². The summed E-state index contributed by atoms with van der Waals surface area (Å²) in [5.74, 6) is 0. The van der Waals surface area contributed by atoms with Crippen molar-refractivity contribution in [3.05, 3.63) is 32.9 Å². The van der Waals surface area contributed by atoms with E-state index in [0.29, 0.717) is 11.1 Å². The molecule has 8 heteroatoms. The van der Waals surface area contributed by atoms with Gasteiger partial charge in [0.1, 0.15) is 0 Å². The Kier molecular flexibility index (Phi) is 4.61. The summed E-state index contributed by atoms with van der Waals surface area (Å²) in [6.07, 6.45) is 0. The lowest BCUT2D eigenvalue weighted by molar-refractivity contribution is -0.386. The van der Waals surface area contributed by atoms with Crippen LogP contribution in [0.4, 0.5) is 5.69 Å². The molecular weight excluding hydrogens is 272 g/mol. The molecule has 2 N–H and O–H groups in total. The van der Waals surface area contributed by atoms with Crippen LogP contribution in [-0.4, -0.2) is 31.6 Å². The van der Waals surface area contributed by atoms with E-state index in [0.717, 1.165) is 0 Å². The average Bonchev–Trinajstić information content (AvgIpc) is 2.24. The third kappa shape index (κ3) is 3.09. The first-order valence-corrected chi connectivity index (χ1v) is 7.06. The van der Waals surface area contributed by atoms with Gasteiger partial charge in [0, 0.05) is 17.7 Å². The summed E-state index contributed by atoms with van der Waals surface area (Å²) < 4.78 is 26.3. The van der Waals surface area contributed by atoms with Crippen molar-refractivity contribution in [3.8, 4) is 0 Å². The maximum Gasteiger partial charge on any atom is 0.276 e. The van der Waals surface area contributed by atoms with Crippen molar-refractivity contribution in [2.45, 2.75) is 25.7 Å². The Labute approximate surface area is 111 Å². The molecule has 1 aromatic carbocycles. The van der Waals surface area contributed by atoms with Crippen LogP contribution in [0.1, 0.15) is 16.7 Å². The topological polar surface area (TPSA) is 110 Å². The van der Waals surface area contributed by atoms with Crippen LogP contribution in [0.15, 0.2) is 11.0 Å². The van der Waals surface area contributed by atoms with Crippen molar-refractivity contribution < 1.29 is 18.4 Å². The average molecular weight is 288 g/mol. The lowest BCUT2D eigenvalue weighted by Gasteiger charge is -2.13. The standard InChI is InChI=1S/C11H16N2O5S/c1-7-6-8(2)11(9(3)10(7)13(15)16)19(17,18)12-4-5-14/h6,12,14H,4-5H2,1-3H3. The first-order valence-electron chi connectivity index (χ1n) is 5.58. The molecule has 0 bridgehead atoms. The molecule has 0 aliphatic carbocycles. The maximum atomic E-state index is 12.1. The van der Waals surface area contributed by atoms with Gasteiger partial charge in [0.05, 0.1) is 16.4 Å². The quantitative estimate of drug-likeness (QED) is 0.615. The van der Waals surface area contributed by atoms with Gasteiger partial charge in [-0.2, -0.15) is 0 Å². The highest BCUT2D eigenvalue weighted by molar-refractivity contribution is 7.89. The summed E-state index contributed by atoms with van der Waals surface area (Å²) in [7, 11) is -3.87. The molecule has 0 aliphatic rings. The van der Waals surface area contributed by atoms with Crippen molar-refractivity contribution in [2.75, 3.05) is 13.2 Å². The smallest absolute Gasteiger partial charge is 0.276 e. The highest BCUT2D eigenvalue weighted by Gasteiger charge is 2.27. The van der Waals surface area contributed by atoms with Gasteiger partial charge in [-0.05, 0) is 32.4 Å². The van der Waals surface area contributed by atoms with Gasteiger partial charge in [-0.25, -0.2) is 13.1 Å². The van der Waals surface area contributed by atoms with Crippen molar-refractivity contribution in [2.24, 2.45) is 0 Å². The van der Waals surface area contributed by atoms with Gasteiger partial charge in [-0.3, -0.25) is 10.1 Å². The first kappa shape index (κ1) is 15.5. The molecule has 0 saturated heterocycles. The summed E-state index contributed by atoms with van der Waals surface area (Å²) in [4.78, 5) is 10.3. The van der Waals surface area contributed by atoms with E-state index < -0.39 is 14.9 Å². The van der Waals surface area contributed by atoms with Crippen LogP contribution >= 0.6 is 0 Å². The zero-order chi connectivity index (χ0) is 14.8. The van der Waals surface area contributed by atoms with E-state index >= 15 is 0 Å². The van der Waals surface area contributed by atoms with E-state index in [4.69, 9.17) is 5.11 Å². The number of nitrogens with one attached hydrogen (secondary N) is 1. The number of nitro groups is 1. The summed E-state index contributed by atoms with van der Waals surface area (Å²) in [6, 6.07) is 1.47. The molecule has 0 aliphatic heterocycles. The lowest BCUT2D eigenvalue weighted by Crippen LogP contribution is -2.28. The molecule has 0 radical (unpaired) electrons. The van der Waals surface area contributed by atoms with Crippen LogP contribution in [0.3, 0.4) is 0 Å². The number of sulfonamides is 1. The zero-order valence-electron chi connectivity index (χ0n) is 10.9. The lowest BCUT2D eigenvalue weighted by atomic mass is 10.1. The van der Waals surface area contributed by atoms with Crippen LogP contribution < -0.4 is 4.72 Å². The number of benzene rings is 1. The minimum absolute atomic E-state index is 0.0988. The van der Waals surface area contributed by atoms with Gasteiger partial charge in [0.2, 0.25) is 10.0 Å². The number of nitrogens with zero attached hydrogens (tertiary/aromatic N) is 1. The highest BCUT2D eigenvalue weighted by atomic mass is 32.2. The minimum Gasteiger partial charge on any atom is -0.395 e. The third-order valence-corrected chi connectivity index (χ3v) is 4.47. The molecule has 0 spiro atoms. The molecule has 0 amide bonds. The molecule has 0 heterocycles. The monoisotopic (exact) mass is 288 g/mol.